The van der Waals surface area contributed by atoms with Gasteiger partial charge in [0.15, 0.2) is 5.78 Å². The van der Waals surface area contributed by atoms with Crippen LogP contribution in [-0.2, 0) is 4.79 Å². The van der Waals surface area contributed by atoms with E-state index in [2.05, 4.69) is 15.3 Å². The SMILES string of the molecule is Cc1cnc(C(=O)NCC(=O)C(C)C)cn1. The molecule has 0 fully saturated rings. The lowest BCUT2D eigenvalue weighted by molar-refractivity contribution is -0.120. The number of nitrogens with one attached hydrogen (secondary N) is 1. The fourth-order valence-corrected chi connectivity index (χ4v) is 0.972. The number of aromatic nitrogens is 2. The largest absolute Gasteiger partial charge is 0.344 e. The van der Waals surface area contributed by atoms with Crippen molar-refractivity contribution in [3.05, 3.63) is 23.8 Å². The molecule has 1 rings (SSSR count). The molecule has 0 aromatic carbocycles. The van der Waals surface area contributed by atoms with Crippen LogP contribution in [0.1, 0.15) is 30.0 Å². The molecule has 0 aliphatic rings. The van der Waals surface area contributed by atoms with Gasteiger partial charge in [-0.2, -0.15) is 0 Å². The Bertz CT molecular complexity index is 385. The van der Waals surface area contributed by atoms with Gasteiger partial charge in [0.25, 0.3) is 5.91 Å². The van der Waals surface area contributed by atoms with Gasteiger partial charge in [0.1, 0.15) is 5.69 Å². The van der Waals surface area contributed by atoms with Crippen molar-refractivity contribution < 1.29 is 9.59 Å². The number of hydrogen-bond acceptors (Lipinski definition) is 4. The summed E-state index contributed by atoms with van der Waals surface area (Å²) in [4.78, 5) is 30.7. The van der Waals surface area contributed by atoms with Gasteiger partial charge in [0.05, 0.1) is 18.4 Å². The van der Waals surface area contributed by atoms with E-state index in [1.807, 2.05) is 0 Å². The van der Waals surface area contributed by atoms with Crippen LogP contribution in [0.5, 0.6) is 0 Å². The monoisotopic (exact) mass is 221 g/mol. The zero-order valence-electron chi connectivity index (χ0n) is 9.65. The summed E-state index contributed by atoms with van der Waals surface area (Å²) < 4.78 is 0. The standard InChI is InChI=1S/C11H15N3O2/c1-7(2)10(15)6-14-11(16)9-5-12-8(3)4-13-9/h4-5,7H,6H2,1-3H3,(H,14,16). The third-order valence-corrected chi connectivity index (χ3v) is 2.08. The molecular weight excluding hydrogens is 206 g/mol. The molecule has 1 aromatic rings. The van der Waals surface area contributed by atoms with Crippen LogP contribution < -0.4 is 5.32 Å². The van der Waals surface area contributed by atoms with E-state index in [9.17, 15) is 9.59 Å². The molecule has 0 aliphatic carbocycles. The van der Waals surface area contributed by atoms with Crippen LogP contribution in [0.3, 0.4) is 0 Å². The Kier molecular flexibility index (Phi) is 4.10. The quantitative estimate of drug-likeness (QED) is 0.814. The summed E-state index contributed by atoms with van der Waals surface area (Å²) in [7, 11) is 0. The Balaban J connectivity index is 2.53. The number of amides is 1. The second-order valence-corrected chi connectivity index (χ2v) is 3.85. The van der Waals surface area contributed by atoms with Gasteiger partial charge in [0, 0.05) is 12.1 Å². The third-order valence-electron chi connectivity index (χ3n) is 2.08. The molecule has 0 unspecified atom stereocenters. The number of Topliss-reactive ketones (excluding diaryl/α,β-unsaturated/α-hetero) is 1. The van der Waals surface area contributed by atoms with E-state index >= 15 is 0 Å². The van der Waals surface area contributed by atoms with Crippen LogP contribution in [0.15, 0.2) is 12.4 Å². The fraction of sp³-hybridized carbons (Fsp3) is 0.455. The Morgan fingerprint density at radius 2 is 2.00 bits per heavy atom. The maximum Gasteiger partial charge on any atom is 0.271 e. The molecule has 0 spiro atoms. The maximum absolute atomic E-state index is 11.5. The predicted molar refractivity (Wildman–Crippen MR) is 58.9 cm³/mol. The van der Waals surface area contributed by atoms with Crippen molar-refractivity contribution in [2.45, 2.75) is 20.8 Å². The molecule has 5 nitrogen and oxygen atoms in total. The molecule has 86 valence electrons. The normalized spacial score (nSPS) is 10.2. The number of aryl methyl sites for hydroxylation is 1. The molecule has 1 heterocycles. The van der Waals surface area contributed by atoms with E-state index < -0.39 is 0 Å². The van der Waals surface area contributed by atoms with Gasteiger partial charge in [-0.3, -0.25) is 14.6 Å². The van der Waals surface area contributed by atoms with Crippen LogP contribution in [0.4, 0.5) is 0 Å². The van der Waals surface area contributed by atoms with Crippen molar-refractivity contribution in [2.24, 2.45) is 5.92 Å². The molecule has 0 bridgehead atoms. The molecule has 0 aliphatic heterocycles. The van der Waals surface area contributed by atoms with E-state index in [0.717, 1.165) is 5.69 Å². The zero-order valence-corrected chi connectivity index (χ0v) is 9.65. The summed E-state index contributed by atoms with van der Waals surface area (Å²) in [6.07, 6.45) is 2.91. The lowest BCUT2D eigenvalue weighted by Crippen LogP contribution is -2.32. The van der Waals surface area contributed by atoms with Crippen LogP contribution in [-0.4, -0.2) is 28.2 Å². The van der Waals surface area contributed by atoms with Gasteiger partial charge >= 0.3 is 0 Å². The first-order valence-electron chi connectivity index (χ1n) is 5.10. The minimum absolute atomic E-state index is 0.00609. The maximum atomic E-state index is 11.5. The molecule has 0 saturated carbocycles. The van der Waals surface area contributed by atoms with Gasteiger partial charge in [-0.25, -0.2) is 4.98 Å². The minimum atomic E-state index is -0.374. The number of hydrogen-bond donors (Lipinski definition) is 1. The molecule has 0 saturated heterocycles. The average molecular weight is 221 g/mol. The number of nitrogens with zero attached hydrogens (tertiary/aromatic N) is 2. The van der Waals surface area contributed by atoms with Crippen molar-refractivity contribution in [3.63, 3.8) is 0 Å². The van der Waals surface area contributed by atoms with E-state index in [4.69, 9.17) is 0 Å². The van der Waals surface area contributed by atoms with Crippen molar-refractivity contribution in [1.82, 2.24) is 15.3 Å². The highest BCUT2D eigenvalue weighted by Crippen LogP contribution is 1.95. The summed E-state index contributed by atoms with van der Waals surface area (Å²) in [5.41, 5.74) is 0.969. The van der Waals surface area contributed by atoms with E-state index in [-0.39, 0.29) is 29.8 Å². The van der Waals surface area contributed by atoms with Crippen molar-refractivity contribution in [3.8, 4) is 0 Å². The highest BCUT2D eigenvalue weighted by atomic mass is 16.2. The molecule has 1 amide bonds. The molecule has 0 radical (unpaired) electrons. The van der Waals surface area contributed by atoms with Gasteiger partial charge in [-0.05, 0) is 6.92 Å². The molecular formula is C11H15N3O2. The highest BCUT2D eigenvalue weighted by molar-refractivity contribution is 5.95. The topological polar surface area (TPSA) is 72.0 Å². The first kappa shape index (κ1) is 12.3. The second-order valence-electron chi connectivity index (χ2n) is 3.85. The van der Waals surface area contributed by atoms with Gasteiger partial charge in [-0.1, -0.05) is 13.8 Å². The van der Waals surface area contributed by atoms with E-state index in [0.29, 0.717) is 0 Å². The van der Waals surface area contributed by atoms with Crippen molar-refractivity contribution in [2.75, 3.05) is 6.54 Å². The summed E-state index contributed by atoms with van der Waals surface area (Å²) >= 11 is 0. The number of carbonyl (C=O) groups excluding carboxylic acids is 2. The molecule has 16 heavy (non-hydrogen) atoms. The number of ketones is 1. The van der Waals surface area contributed by atoms with Crippen LogP contribution in [0.2, 0.25) is 0 Å². The number of rotatable bonds is 4. The van der Waals surface area contributed by atoms with Gasteiger partial charge in [-0.15, -0.1) is 0 Å². The summed E-state index contributed by atoms with van der Waals surface area (Å²) in [6.45, 7) is 5.41. The Labute approximate surface area is 94.3 Å². The molecule has 1 N–H and O–H groups in total. The van der Waals surface area contributed by atoms with Crippen LogP contribution in [0.25, 0.3) is 0 Å². The van der Waals surface area contributed by atoms with E-state index in [1.165, 1.54) is 12.4 Å². The van der Waals surface area contributed by atoms with Crippen LogP contribution in [0, 0.1) is 12.8 Å². The van der Waals surface area contributed by atoms with E-state index in [1.54, 1.807) is 20.8 Å². The lowest BCUT2D eigenvalue weighted by atomic mass is 10.1. The van der Waals surface area contributed by atoms with Crippen molar-refractivity contribution in [1.29, 1.82) is 0 Å². The van der Waals surface area contributed by atoms with Crippen LogP contribution >= 0.6 is 0 Å². The highest BCUT2D eigenvalue weighted by Gasteiger charge is 2.11. The first-order chi connectivity index (χ1) is 7.50. The first-order valence-corrected chi connectivity index (χ1v) is 5.10. The molecule has 5 heteroatoms. The third kappa shape index (κ3) is 3.42. The Hall–Kier alpha value is -1.78. The summed E-state index contributed by atoms with van der Waals surface area (Å²) in [6, 6.07) is 0. The average Bonchev–Trinajstić information content (AvgIpc) is 2.26. The summed E-state index contributed by atoms with van der Waals surface area (Å²) in [5, 5.41) is 2.51. The minimum Gasteiger partial charge on any atom is -0.344 e. The molecule has 1 aromatic heterocycles. The zero-order chi connectivity index (χ0) is 12.1. The molecule has 0 atom stereocenters. The predicted octanol–water partition coefficient (Wildman–Crippen LogP) is 0.740. The number of carbonyl (C=O) groups is 2. The van der Waals surface area contributed by atoms with Crippen molar-refractivity contribution >= 4 is 11.7 Å². The second kappa shape index (κ2) is 5.34. The summed E-state index contributed by atoms with van der Waals surface area (Å²) in [5.74, 6) is -0.459. The smallest absolute Gasteiger partial charge is 0.271 e. The Morgan fingerprint density at radius 3 is 2.50 bits per heavy atom. The lowest BCUT2D eigenvalue weighted by Gasteiger charge is -2.05. The van der Waals surface area contributed by atoms with Gasteiger partial charge in [0.2, 0.25) is 0 Å². The fourth-order valence-electron chi connectivity index (χ4n) is 0.972. The Morgan fingerprint density at radius 1 is 1.31 bits per heavy atom. The van der Waals surface area contributed by atoms with Gasteiger partial charge < -0.3 is 5.32 Å².